The van der Waals surface area contributed by atoms with Crippen molar-refractivity contribution < 1.29 is 32.2 Å². The molecule has 0 aliphatic heterocycles. The van der Waals surface area contributed by atoms with Gasteiger partial charge in [-0.25, -0.2) is 13.2 Å². The van der Waals surface area contributed by atoms with Gasteiger partial charge in [0.05, 0.1) is 24.2 Å². The van der Waals surface area contributed by atoms with Crippen LogP contribution in [0.4, 0.5) is 5.69 Å². The molecule has 0 aliphatic carbocycles. The van der Waals surface area contributed by atoms with Crippen LogP contribution in [0.2, 0.25) is 0 Å². The van der Waals surface area contributed by atoms with Gasteiger partial charge in [-0.2, -0.15) is 0 Å². The summed E-state index contributed by atoms with van der Waals surface area (Å²) in [5.41, 5.74) is 0.489. The molecule has 0 saturated carbocycles. The molecule has 0 radical (unpaired) electrons. The highest BCUT2D eigenvalue weighted by atomic mass is 32.2. The smallest absolute Gasteiger partial charge is 0.338 e. The lowest BCUT2D eigenvalue weighted by Crippen LogP contribution is -2.21. The van der Waals surface area contributed by atoms with Crippen LogP contribution in [0.15, 0.2) is 47.4 Å². The average Bonchev–Trinajstić information content (AvgIpc) is 2.66. The lowest BCUT2D eigenvalue weighted by atomic mass is 10.2. The first-order valence-corrected chi connectivity index (χ1v) is 10.2. The van der Waals surface area contributed by atoms with Gasteiger partial charge in [0, 0.05) is 11.9 Å². The number of hydrogen-bond donors (Lipinski definition) is 1. The van der Waals surface area contributed by atoms with Crippen molar-refractivity contribution in [2.24, 2.45) is 0 Å². The van der Waals surface area contributed by atoms with Crippen LogP contribution in [0.25, 0.3) is 0 Å². The Morgan fingerprint density at radius 3 is 2.46 bits per heavy atom. The number of sulfone groups is 1. The summed E-state index contributed by atoms with van der Waals surface area (Å²) in [6.07, 6.45) is 1.07. The molecule has 0 heterocycles. The molecule has 150 valence electrons. The van der Waals surface area contributed by atoms with Gasteiger partial charge in [-0.1, -0.05) is 6.07 Å². The first-order chi connectivity index (χ1) is 13.2. The summed E-state index contributed by atoms with van der Waals surface area (Å²) in [6, 6.07) is 10.3. The minimum absolute atomic E-state index is 0.0731. The van der Waals surface area contributed by atoms with Gasteiger partial charge in [0.2, 0.25) is 0 Å². The summed E-state index contributed by atoms with van der Waals surface area (Å²) >= 11 is 0. The van der Waals surface area contributed by atoms with E-state index < -0.39 is 28.3 Å². The lowest BCUT2D eigenvalue weighted by molar-refractivity contribution is -0.119. The van der Waals surface area contributed by atoms with E-state index in [9.17, 15) is 18.0 Å². The maximum absolute atomic E-state index is 12.2. The van der Waals surface area contributed by atoms with E-state index >= 15 is 0 Å². The fourth-order valence-electron chi connectivity index (χ4n) is 2.29. The van der Waals surface area contributed by atoms with E-state index in [2.05, 4.69) is 5.32 Å². The summed E-state index contributed by atoms with van der Waals surface area (Å²) in [4.78, 5) is 24.2. The standard InChI is InChI=1S/C19H21NO7S/c1-4-26-17-10-13(8-9-16(17)25-2)19(22)27-12-18(21)20-14-6-5-7-15(11-14)28(3,23)24/h5-11H,4,12H2,1-3H3,(H,20,21). The van der Waals surface area contributed by atoms with E-state index in [1.165, 1.54) is 43.5 Å². The van der Waals surface area contributed by atoms with E-state index in [1.54, 1.807) is 13.0 Å². The number of carbonyl (C=O) groups excluding carboxylic acids is 2. The lowest BCUT2D eigenvalue weighted by Gasteiger charge is -2.11. The molecule has 1 N–H and O–H groups in total. The number of anilines is 1. The number of carbonyl (C=O) groups is 2. The molecule has 0 unspecified atom stereocenters. The van der Waals surface area contributed by atoms with Crippen LogP contribution in [-0.4, -0.2) is 46.9 Å². The molecule has 0 atom stereocenters. The topological polar surface area (TPSA) is 108 Å². The summed E-state index contributed by atoms with van der Waals surface area (Å²) in [6.45, 7) is 1.66. The molecule has 0 bridgehead atoms. The Hall–Kier alpha value is -3.07. The summed E-state index contributed by atoms with van der Waals surface area (Å²) < 4.78 is 38.7. The normalized spacial score (nSPS) is 10.8. The highest BCUT2D eigenvalue weighted by Crippen LogP contribution is 2.28. The Morgan fingerprint density at radius 1 is 1.07 bits per heavy atom. The van der Waals surface area contributed by atoms with Gasteiger partial charge in [0.25, 0.3) is 5.91 Å². The maximum atomic E-state index is 12.2. The zero-order valence-electron chi connectivity index (χ0n) is 15.7. The molecular formula is C19H21NO7S. The predicted octanol–water partition coefficient (Wildman–Crippen LogP) is 2.29. The van der Waals surface area contributed by atoms with Crippen LogP contribution in [-0.2, 0) is 19.4 Å². The van der Waals surface area contributed by atoms with Crippen LogP contribution >= 0.6 is 0 Å². The van der Waals surface area contributed by atoms with Crippen molar-refractivity contribution >= 4 is 27.4 Å². The molecule has 28 heavy (non-hydrogen) atoms. The fraction of sp³-hybridized carbons (Fsp3) is 0.263. The Kier molecular flexibility index (Phi) is 7.00. The van der Waals surface area contributed by atoms with Crippen LogP contribution < -0.4 is 14.8 Å². The predicted molar refractivity (Wildman–Crippen MR) is 103 cm³/mol. The largest absolute Gasteiger partial charge is 0.493 e. The monoisotopic (exact) mass is 407 g/mol. The number of ether oxygens (including phenoxy) is 3. The van der Waals surface area contributed by atoms with E-state index in [-0.39, 0.29) is 16.1 Å². The number of methoxy groups -OCH3 is 1. The number of rotatable bonds is 8. The molecule has 1 amide bonds. The van der Waals surface area contributed by atoms with E-state index in [0.29, 0.717) is 18.1 Å². The first-order valence-electron chi connectivity index (χ1n) is 8.32. The molecular weight excluding hydrogens is 386 g/mol. The molecule has 0 aromatic heterocycles. The van der Waals surface area contributed by atoms with Crippen molar-refractivity contribution in [2.45, 2.75) is 11.8 Å². The molecule has 0 fully saturated rings. The van der Waals surface area contributed by atoms with Gasteiger partial charge in [-0.3, -0.25) is 4.79 Å². The molecule has 0 saturated heterocycles. The average molecular weight is 407 g/mol. The van der Waals surface area contributed by atoms with Gasteiger partial charge in [-0.15, -0.1) is 0 Å². The van der Waals surface area contributed by atoms with Crippen molar-refractivity contribution in [1.29, 1.82) is 0 Å². The highest BCUT2D eigenvalue weighted by molar-refractivity contribution is 7.90. The summed E-state index contributed by atoms with van der Waals surface area (Å²) in [5, 5.41) is 2.49. The summed E-state index contributed by atoms with van der Waals surface area (Å²) in [5.74, 6) is -0.440. The number of nitrogens with one attached hydrogen (secondary N) is 1. The third-order valence-electron chi connectivity index (χ3n) is 3.58. The quantitative estimate of drug-likeness (QED) is 0.669. The minimum atomic E-state index is -3.40. The second-order valence-electron chi connectivity index (χ2n) is 5.72. The van der Waals surface area contributed by atoms with Crippen LogP contribution in [0.5, 0.6) is 11.5 Å². The number of hydrogen-bond acceptors (Lipinski definition) is 7. The SMILES string of the molecule is CCOc1cc(C(=O)OCC(=O)Nc2cccc(S(C)(=O)=O)c2)ccc1OC. The van der Waals surface area contributed by atoms with E-state index in [0.717, 1.165) is 6.26 Å². The molecule has 2 aromatic rings. The summed E-state index contributed by atoms with van der Waals surface area (Å²) in [7, 11) is -1.91. The Balaban J connectivity index is 1.99. The van der Waals surface area contributed by atoms with Crippen LogP contribution in [0.1, 0.15) is 17.3 Å². The van der Waals surface area contributed by atoms with Gasteiger partial charge >= 0.3 is 5.97 Å². The van der Waals surface area contributed by atoms with Crippen LogP contribution in [0.3, 0.4) is 0 Å². The van der Waals surface area contributed by atoms with E-state index in [1.807, 2.05) is 0 Å². The molecule has 0 spiro atoms. The first kappa shape index (κ1) is 21.2. The molecule has 2 rings (SSSR count). The van der Waals surface area contributed by atoms with Crippen molar-refractivity contribution in [3.8, 4) is 11.5 Å². The van der Waals surface area contributed by atoms with E-state index in [4.69, 9.17) is 14.2 Å². The van der Waals surface area contributed by atoms with Crippen LogP contribution in [0, 0.1) is 0 Å². The van der Waals surface area contributed by atoms with Crippen molar-refractivity contribution in [1.82, 2.24) is 0 Å². The molecule has 8 nitrogen and oxygen atoms in total. The molecule has 0 aliphatic rings. The minimum Gasteiger partial charge on any atom is -0.493 e. The third-order valence-corrected chi connectivity index (χ3v) is 4.69. The van der Waals surface area contributed by atoms with Crippen molar-refractivity contribution in [3.05, 3.63) is 48.0 Å². The van der Waals surface area contributed by atoms with Crippen molar-refractivity contribution in [2.75, 3.05) is 31.9 Å². The molecule has 2 aromatic carbocycles. The highest BCUT2D eigenvalue weighted by Gasteiger charge is 2.15. The number of esters is 1. The Labute approximate surface area is 163 Å². The zero-order valence-corrected chi connectivity index (χ0v) is 16.5. The van der Waals surface area contributed by atoms with Gasteiger partial charge in [0.15, 0.2) is 27.9 Å². The Bertz CT molecular complexity index is 970. The molecule has 9 heteroatoms. The van der Waals surface area contributed by atoms with Gasteiger partial charge < -0.3 is 19.5 Å². The van der Waals surface area contributed by atoms with Crippen molar-refractivity contribution in [3.63, 3.8) is 0 Å². The Morgan fingerprint density at radius 2 is 1.82 bits per heavy atom. The number of benzene rings is 2. The van der Waals surface area contributed by atoms with Gasteiger partial charge in [0.1, 0.15) is 0 Å². The fourth-order valence-corrected chi connectivity index (χ4v) is 2.95. The second kappa shape index (κ2) is 9.23. The zero-order chi connectivity index (χ0) is 20.7. The second-order valence-corrected chi connectivity index (χ2v) is 7.74. The third kappa shape index (κ3) is 5.71. The van der Waals surface area contributed by atoms with Gasteiger partial charge in [-0.05, 0) is 43.3 Å². The number of amides is 1. The maximum Gasteiger partial charge on any atom is 0.338 e.